The molecular formula is C22H25N7OS. The van der Waals surface area contributed by atoms with Crippen LogP contribution >= 0.6 is 11.7 Å². The Kier molecular flexibility index (Phi) is 5.60. The number of anilines is 3. The van der Waals surface area contributed by atoms with E-state index in [4.69, 9.17) is 5.73 Å². The van der Waals surface area contributed by atoms with Gasteiger partial charge in [-0.05, 0) is 44.0 Å². The fraction of sp³-hybridized carbons (Fsp3) is 0.273. The minimum atomic E-state index is -0.442. The van der Waals surface area contributed by atoms with Crippen molar-refractivity contribution in [1.29, 1.82) is 0 Å². The molecule has 0 atom stereocenters. The lowest BCUT2D eigenvalue weighted by molar-refractivity contribution is 0.0999. The Bertz CT molecular complexity index is 1240. The molecule has 3 aromatic heterocycles. The number of hydrogen-bond acceptors (Lipinski definition) is 7. The molecule has 8 nitrogen and oxygen atoms in total. The maximum atomic E-state index is 11.9. The molecule has 0 saturated heterocycles. The molecule has 1 amide bonds. The number of nitrogens with one attached hydrogen (secondary N) is 3. The van der Waals surface area contributed by atoms with Crippen LogP contribution < -0.4 is 16.4 Å². The zero-order chi connectivity index (χ0) is 22.1. The second kappa shape index (κ2) is 8.35. The van der Waals surface area contributed by atoms with Crippen molar-refractivity contribution in [2.45, 2.75) is 39.7 Å². The maximum absolute atomic E-state index is 11.9. The molecule has 0 aliphatic carbocycles. The summed E-state index contributed by atoms with van der Waals surface area (Å²) in [7, 11) is 0. The van der Waals surface area contributed by atoms with E-state index in [-0.39, 0.29) is 12.0 Å². The van der Waals surface area contributed by atoms with Crippen molar-refractivity contribution >= 4 is 45.9 Å². The van der Waals surface area contributed by atoms with Crippen molar-refractivity contribution in [2.75, 3.05) is 10.6 Å². The minimum absolute atomic E-state index is 0.141. The number of primary amides is 1. The smallest absolute Gasteiger partial charge is 0.250 e. The van der Waals surface area contributed by atoms with E-state index >= 15 is 0 Å². The first-order chi connectivity index (χ1) is 14.8. The van der Waals surface area contributed by atoms with E-state index in [1.54, 1.807) is 12.3 Å². The van der Waals surface area contributed by atoms with Crippen molar-refractivity contribution in [3.05, 3.63) is 47.8 Å². The molecule has 0 fully saturated rings. The number of amides is 1. The van der Waals surface area contributed by atoms with Gasteiger partial charge in [-0.2, -0.15) is 8.75 Å². The minimum Gasteiger partial charge on any atom is -0.382 e. The number of carbonyl (C=O) groups excluding carboxylic acids is 1. The molecule has 1 aromatic carbocycles. The highest BCUT2D eigenvalue weighted by Gasteiger charge is 2.19. The number of fused-ring (bicyclic) bond motifs is 1. The number of H-pyrrole nitrogens is 1. The number of aromatic nitrogens is 4. The fourth-order valence-electron chi connectivity index (χ4n) is 3.45. The Hall–Kier alpha value is -3.46. The lowest BCUT2D eigenvalue weighted by atomic mass is 10.1. The predicted octanol–water partition coefficient (Wildman–Crippen LogP) is 4.87. The highest BCUT2D eigenvalue weighted by molar-refractivity contribution is 7.00. The van der Waals surface area contributed by atoms with Gasteiger partial charge in [0.25, 0.3) is 5.91 Å². The van der Waals surface area contributed by atoms with Crippen LogP contribution in [0.2, 0.25) is 0 Å². The molecule has 4 rings (SSSR count). The van der Waals surface area contributed by atoms with Crippen molar-refractivity contribution in [3.63, 3.8) is 0 Å². The summed E-state index contributed by atoms with van der Waals surface area (Å²) >= 11 is 1.19. The van der Waals surface area contributed by atoms with Crippen LogP contribution in [0.3, 0.4) is 0 Å². The van der Waals surface area contributed by atoms with Gasteiger partial charge in [0.1, 0.15) is 16.9 Å². The van der Waals surface area contributed by atoms with Crippen molar-refractivity contribution in [2.24, 2.45) is 5.73 Å². The van der Waals surface area contributed by atoms with Gasteiger partial charge < -0.3 is 21.4 Å². The lowest BCUT2D eigenvalue weighted by Crippen LogP contribution is -2.12. The van der Waals surface area contributed by atoms with Crippen LogP contribution in [-0.2, 0) is 0 Å². The van der Waals surface area contributed by atoms with Crippen molar-refractivity contribution < 1.29 is 4.79 Å². The summed E-state index contributed by atoms with van der Waals surface area (Å²) in [6, 6.07) is 9.80. The first kappa shape index (κ1) is 20.8. The molecule has 3 heterocycles. The molecule has 0 unspecified atom stereocenters. The Morgan fingerprint density at radius 2 is 1.87 bits per heavy atom. The average molecular weight is 436 g/mol. The van der Waals surface area contributed by atoms with Crippen LogP contribution in [0.4, 0.5) is 17.2 Å². The summed E-state index contributed by atoms with van der Waals surface area (Å²) in [5.74, 6) is 0.393. The Morgan fingerprint density at radius 3 is 2.55 bits per heavy atom. The zero-order valence-electron chi connectivity index (χ0n) is 17.9. The number of benzene rings is 1. The van der Waals surface area contributed by atoms with Crippen LogP contribution in [0, 0.1) is 0 Å². The summed E-state index contributed by atoms with van der Waals surface area (Å²) in [6.45, 7) is 8.19. The number of nitrogens with two attached hydrogens (primary N) is 1. The van der Waals surface area contributed by atoms with E-state index in [0.717, 1.165) is 39.4 Å². The van der Waals surface area contributed by atoms with Crippen LogP contribution in [0.25, 0.3) is 22.3 Å². The number of pyridine rings is 1. The van der Waals surface area contributed by atoms with E-state index in [0.29, 0.717) is 11.4 Å². The number of rotatable bonds is 7. The molecule has 4 aromatic rings. The van der Waals surface area contributed by atoms with E-state index in [9.17, 15) is 4.79 Å². The topological polar surface area (TPSA) is 122 Å². The van der Waals surface area contributed by atoms with Crippen molar-refractivity contribution in [3.8, 4) is 11.3 Å². The molecule has 0 aliphatic rings. The van der Waals surface area contributed by atoms with Gasteiger partial charge >= 0.3 is 0 Å². The monoisotopic (exact) mass is 435 g/mol. The van der Waals surface area contributed by atoms with E-state index in [2.05, 4.69) is 43.2 Å². The quantitative estimate of drug-likeness (QED) is 0.329. The summed E-state index contributed by atoms with van der Waals surface area (Å²) in [4.78, 5) is 19.9. The first-order valence-electron chi connectivity index (χ1n) is 10.1. The van der Waals surface area contributed by atoms with E-state index in [1.807, 2.05) is 38.1 Å². The first-order valence-corrected chi connectivity index (χ1v) is 10.8. The number of aromatic amines is 1. The molecule has 0 saturated carbocycles. The molecule has 160 valence electrons. The molecule has 0 aliphatic heterocycles. The number of carbonyl (C=O) groups is 1. The van der Waals surface area contributed by atoms with Crippen LogP contribution in [0.1, 0.15) is 49.7 Å². The third-order valence-electron chi connectivity index (χ3n) is 4.86. The third kappa shape index (κ3) is 4.36. The Labute approximate surface area is 184 Å². The standard InChI is InChI=1S/C22H25N7OS/c1-11(2)21-14(22(23)30)8-17(27-21)15-10-24-20(9-18(15)25-12(3)4)26-13-5-6-16-19(7-13)29-31-28-16/h5-12,27H,1-4H3,(H2,23,30)(H2,24,25,26). The SMILES string of the molecule is CC(C)Nc1cc(Nc2ccc3nsnc3c2)ncc1-c1cc(C(N)=O)c(C(C)C)[nH]1. The van der Waals surface area contributed by atoms with Gasteiger partial charge in [-0.1, -0.05) is 13.8 Å². The van der Waals surface area contributed by atoms with Gasteiger partial charge in [0, 0.05) is 40.9 Å². The fourth-order valence-corrected chi connectivity index (χ4v) is 3.97. The number of hydrogen-bond donors (Lipinski definition) is 4. The third-order valence-corrected chi connectivity index (χ3v) is 5.41. The molecule has 31 heavy (non-hydrogen) atoms. The van der Waals surface area contributed by atoms with Gasteiger partial charge in [-0.15, -0.1) is 0 Å². The summed E-state index contributed by atoms with van der Waals surface area (Å²) < 4.78 is 8.52. The molecule has 0 bridgehead atoms. The number of nitrogens with zero attached hydrogens (tertiary/aromatic N) is 3. The van der Waals surface area contributed by atoms with Crippen LogP contribution in [0.5, 0.6) is 0 Å². The van der Waals surface area contributed by atoms with Gasteiger partial charge in [0.15, 0.2) is 0 Å². The van der Waals surface area contributed by atoms with Crippen LogP contribution in [0.15, 0.2) is 36.5 Å². The van der Waals surface area contributed by atoms with Gasteiger partial charge in [0.05, 0.1) is 23.0 Å². The molecular weight excluding hydrogens is 410 g/mol. The second-order valence-corrected chi connectivity index (χ2v) is 8.56. The van der Waals surface area contributed by atoms with E-state index < -0.39 is 5.91 Å². The molecule has 0 radical (unpaired) electrons. The predicted molar refractivity (Wildman–Crippen MR) is 126 cm³/mol. The lowest BCUT2D eigenvalue weighted by Gasteiger charge is -2.16. The molecule has 0 spiro atoms. The highest BCUT2D eigenvalue weighted by atomic mass is 32.1. The maximum Gasteiger partial charge on any atom is 0.250 e. The summed E-state index contributed by atoms with van der Waals surface area (Å²) in [5, 5.41) is 6.81. The van der Waals surface area contributed by atoms with E-state index in [1.165, 1.54) is 11.7 Å². The van der Waals surface area contributed by atoms with Crippen LogP contribution in [-0.4, -0.2) is 30.7 Å². The van der Waals surface area contributed by atoms with Gasteiger partial charge in [-0.3, -0.25) is 4.79 Å². The zero-order valence-corrected chi connectivity index (χ0v) is 18.7. The largest absolute Gasteiger partial charge is 0.382 e. The summed E-state index contributed by atoms with van der Waals surface area (Å²) in [6.07, 6.45) is 1.79. The summed E-state index contributed by atoms with van der Waals surface area (Å²) in [5.41, 5.74) is 12.1. The highest BCUT2D eigenvalue weighted by Crippen LogP contribution is 2.33. The molecule has 9 heteroatoms. The van der Waals surface area contributed by atoms with Crippen molar-refractivity contribution in [1.82, 2.24) is 18.7 Å². The average Bonchev–Trinajstić information content (AvgIpc) is 3.34. The molecule has 5 N–H and O–H groups in total. The normalized spacial score (nSPS) is 11.4. The second-order valence-electron chi connectivity index (χ2n) is 8.04. The van der Waals surface area contributed by atoms with Gasteiger partial charge in [0.2, 0.25) is 0 Å². The van der Waals surface area contributed by atoms with Gasteiger partial charge in [-0.25, -0.2) is 4.98 Å². The Balaban J connectivity index is 1.72. The Morgan fingerprint density at radius 1 is 1.10 bits per heavy atom.